The Hall–Kier alpha value is -3.07. The van der Waals surface area contributed by atoms with Crippen molar-refractivity contribution in [3.63, 3.8) is 0 Å². The molecule has 0 aliphatic carbocycles. The molecule has 7 nitrogen and oxygen atoms in total. The van der Waals surface area contributed by atoms with Crippen LogP contribution in [0, 0.1) is 12.8 Å². The van der Waals surface area contributed by atoms with Gasteiger partial charge in [-0.25, -0.2) is 8.42 Å². The molecule has 3 aromatic rings. The van der Waals surface area contributed by atoms with Gasteiger partial charge in [0.05, 0.1) is 11.9 Å². The highest BCUT2D eigenvalue weighted by Gasteiger charge is 2.31. The van der Waals surface area contributed by atoms with Crippen molar-refractivity contribution >= 4 is 50.7 Å². The first-order valence-electron chi connectivity index (χ1n) is 14.0. The van der Waals surface area contributed by atoms with Gasteiger partial charge in [-0.1, -0.05) is 91.6 Å². The second kappa shape index (κ2) is 15.4. The molecular weight excluding hydrogens is 593 g/mol. The highest BCUT2D eigenvalue weighted by Crippen LogP contribution is 2.29. The number of hydrogen-bond donors (Lipinski definition) is 1. The van der Waals surface area contributed by atoms with Gasteiger partial charge in [0.15, 0.2) is 0 Å². The normalized spacial score (nSPS) is 12.2. The molecule has 0 fully saturated rings. The lowest BCUT2D eigenvalue weighted by atomic mass is 10.0. The number of nitrogens with zero attached hydrogens (tertiary/aromatic N) is 2. The van der Waals surface area contributed by atoms with Gasteiger partial charge in [0.2, 0.25) is 21.8 Å². The van der Waals surface area contributed by atoms with Crippen LogP contribution in [-0.2, 0) is 32.6 Å². The summed E-state index contributed by atoms with van der Waals surface area (Å²) in [4.78, 5) is 29.1. The van der Waals surface area contributed by atoms with Crippen molar-refractivity contribution in [2.45, 2.75) is 52.6 Å². The lowest BCUT2D eigenvalue weighted by Crippen LogP contribution is -2.51. The fourth-order valence-corrected chi connectivity index (χ4v) is 6.02. The fraction of sp³-hybridized carbons (Fsp3) is 0.375. The zero-order valence-electron chi connectivity index (χ0n) is 24.5. The summed E-state index contributed by atoms with van der Waals surface area (Å²) in [5, 5.41) is 3.95. The summed E-state index contributed by atoms with van der Waals surface area (Å²) in [5.74, 6) is -0.289. The molecule has 10 heteroatoms. The second-order valence-electron chi connectivity index (χ2n) is 10.8. The van der Waals surface area contributed by atoms with Crippen LogP contribution in [0.25, 0.3) is 0 Å². The number of anilines is 1. The summed E-state index contributed by atoms with van der Waals surface area (Å²) in [6.45, 7) is 6.46. The minimum absolute atomic E-state index is 0.0266. The number of benzene rings is 3. The molecule has 0 aromatic heterocycles. The van der Waals surface area contributed by atoms with E-state index in [-0.39, 0.29) is 43.7 Å². The Labute approximate surface area is 259 Å². The van der Waals surface area contributed by atoms with Gasteiger partial charge >= 0.3 is 0 Å². The number of carbonyl (C=O) groups is 2. The van der Waals surface area contributed by atoms with E-state index in [4.69, 9.17) is 23.2 Å². The zero-order chi connectivity index (χ0) is 30.9. The number of rotatable bonds is 14. The van der Waals surface area contributed by atoms with Crippen LogP contribution >= 0.6 is 23.2 Å². The third kappa shape index (κ3) is 9.48. The SMILES string of the molecule is Cc1c(Cl)cccc1N(CCCC(=O)N(Cc1ccccc1Cl)C(Cc1ccccc1)C(=O)NCC(C)C)S(C)(=O)=O. The Bertz CT molecular complexity index is 1470. The van der Waals surface area contributed by atoms with Gasteiger partial charge < -0.3 is 10.2 Å². The molecule has 0 saturated carbocycles. The third-order valence-electron chi connectivity index (χ3n) is 6.91. The first-order chi connectivity index (χ1) is 19.9. The van der Waals surface area contributed by atoms with Crippen LogP contribution in [0.3, 0.4) is 0 Å². The van der Waals surface area contributed by atoms with Gasteiger partial charge in [0.1, 0.15) is 6.04 Å². The van der Waals surface area contributed by atoms with Gasteiger partial charge in [-0.15, -0.1) is 0 Å². The van der Waals surface area contributed by atoms with Crippen LogP contribution < -0.4 is 9.62 Å². The van der Waals surface area contributed by atoms with E-state index in [0.29, 0.717) is 34.3 Å². The molecule has 0 aliphatic rings. The van der Waals surface area contributed by atoms with Crippen molar-refractivity contribution in [3.05, 3.63) is 99.5 Å². The molecule has 226 valence electrons. The van der Waals surface area contributed by atoms with Crippen molar-refractivity contribution < 1.29 is 18.0 Å². The average molecular weight is 633 g/mol. The highest BCUT2D eigenvalue weighted by atomic mass is 35.5. The van der Waals surface area contributed by atoms with Crippen LogP contribution in [0.2, 0.25) is 10.0 Å². The Morgan fingerprint density at radius 3 is 2.19 bits per heavy atom. The highest BCUT2D eigenvalue weighted by molar-refractivity contribution is 7.92. The molecule has 3 aromatic carbocycles. The van der Waals surface area contributed by atoms with Crippen LogP contribution in [0.5, 0.6) is 0 Å². The molecule has 0 saturated heterocycles. The average Bonchev–Trinajstić information content (AvgIpc) is 2.94. The molecule has 42 heavy (non-hydrogen) atoms. The molecule has 0 spiro atoms. The standard InChI is InChI=1S/C32H39Cl2N3O4S/c1-23(2)21-35-32(39)30(20-25-12-6-5-7-13-25)36(22-26-14-8-9-15-28(26)34)31(38)18-11-19-37(42(4,40)41)29-17-10-16-27(33)24(29)3/h5-10,12-17,23,30H,11,18-22H2,1-4H3,(H,35,39). The first kappa shape index (κ1) is 33.4. The van der Waals surface area contributed by atoms with E-state index < -0.39 is 16.1 Å². The van der Waals surface area contributed by atoms with Crippen molar-refractivity contribution in [2.75, 3.05) is 23.7 Å². The van der Waals surface area contributed by atoms with Crippen LogP contribution in [0.15, 0.2) is 72.8 Å². The van der Waals surface area contributed by atoms with Gasteiger partial charge in [-0.2, -0.15) is 0 Å². The van der Waals surface area contributed by atoms with Crippen molar-refractivity contribution in [2.24, 2.45) is 5.92 Å². The maximum Gasteiger partial charge on any atom is 0.243 e. The molecule has 0 radical (unpaired) electrons. The first-order valence-corrected chi connectivity index (χ1v) is 16.6. The number of nitrogens with one attached hydrogen (secondary N) is 1. The monoisotopic (exact) mass is 631 g/mol. The second-order valence-corrected chi connectivity index (χ2v) is 13.5. The van der Waals surface area contributed by atoms with Gasteiger partial charge in [-0.05, 0) is 54.2 Å². The van der Waals surface area contributed by atoms with E-state index in [2.05, 4.69) is 5.32 Å². The molecule has 0 heterocycles. The molecule has 1 N–H and O–H groups in total. The predicted octanol–water partition coefficient (Wildman–Crippen LogP) is 6.26. The van der Waals surface area contributed by atoms with Gasteiger partial charge in [0, 0.05) is 42.5 Å². The Morgan fingerprint density at radius 2 is 1.55 bits per heavy atom. The number of sulfonamides is 1. The fourth-order valence-electron chi connectivity index (χ4n) is 4.64. The van der Waals surface area contributed by atoms with Crippen molar-refractivity contribution in [1.82, 2.24) is 10.2 Å². The molecule has 0 bridgehead atoms. The van der Waals surface area contributed by atoms with Crippen molar-refractivity contribution in [1.29, 1.82) is 0 Å². The molecule has 3 rings (SSSR count). The Kier molecular flexibility index (Phi) is 12.3. The Morgan fingerprint density at radius 1 is 0.905 bits per heavy atom. The van der Waals surface area contributed by atoms with E-state index in [1.54, 1.807) is 36.1 Å². The van der Waals surface area contributed by atoms with Crippen molar-refractivity contribution in [3.8, 4) is 0 Å². The van der Waals surface area contributed by atoms with Gasteiger partial charge in [0.25, 0.3) is 0 Å². The van der Waals surface area contributed by atoms with E-state index in [9.17, 15) is 18.0 Å². The summed E-state index contributed by atoms with van der Waals surface area (Å²) in [5.41, 5.74) is 2.75. The molecule has 2 amide bonds. The van der Waals surface area contributed by atoms with Crippen LogP contribution in [0.1, 0.15) is 43.4 Å². The predicted molar refractivity (Wildman–Crippen MR) is 171 cm³/mol. The topological polar surface area (TPSA) is 86.8 Å². The maximum absolute atomic E-state index is 13.9. The quantitative estimate of drug-likeness (QED) is 0.227. The molecule has 1 unspecified atom stereocenters. The van der Waals surface area contributed by atoms with E-state index in [1.165, 1.54) is 4.31 Å². The summed E-state index contributed by atoms with van der Waals surface area (Å²) in [6, 6.07) is 21.1. The van der Waals surface area contributed by atoms with E-state index in [0.717, 1.165) is 17.4 Å². The molecule has 0 aliphatic heterocycles. The smallest absolute Gasteiger partial charge is 0.243 e. The van der Waals surface area contributed by atoms with Crippen LogP contribution in [-0.4, -0.2) is 50.5 Å². The number of carbonyl (C=O) groups excluding carboxylic acids is 2. The molecule has 1 atom stereocenters. The van der Waals surface area contributed by atoms with Gasteiger partial charge in [-0.3, -0.25) is 13.9 Å². The minimum Gasteiger partial charge on any atom is -0.354 e. The summed E-state index contributed by atoms with van der Waals surface area (Å²) < 4.78 is 26.7. The maximum atomic E-state index is 13.9. The van der Waals surface area contributed by atoms with Crippen LogP contribution in [0.4, 0.5) is 5.69 Å². The number of hydrogen-bond acceptors (Lipinski definition) is 4. The lowest BCUT2D eigenvalue weighted by Gasteiger charge is -2.32. The number of amides is 2. The summed E-state index contributed by atoms with van der Waals surface area (Å²) >= 11 is 12.8. The zero-order valence-corrected chi connectivity index (χ0v) is 26.8. The minimum atomic E-state index is -3.65. The molecular formula is C32H39Cl2N3O4S. The number of halogens is 2. The lowest BCUT2D eigenvalue weighted by molar-refractivity contribution is -0.141. The summed E-state index contributed by atoms with van der Waals surface area (Å²) in [6.07, 6.45) is 1.72. The third-order valence-corrected chi connectivity index (χ3v) is 8.87. The van der Waals surface area contributed by atoms with E-state index in [1.807, 2.05) is 62.4 Å². The van der Waals surface area contributed by atoms with E-state index >= 15 is 0 Å². The Balaban J connectivity index is 1.91. The largest absolute Gasteiger partial charge is 0.354 e. The summed E-state index contributed by atoms with van der Waals surface area (Å²) in [7, 11) is -3.65.